The first-order chi connectivity index (χ1) is 15.3. The molecule has 1 unspecified atom stereocenters. The molecule has 0 saturated carbocycles. The van der Waals surface area contributed by atoms with Crippen LogP contribution in [0.1, 0.15) is 28.4 Å². The number of aromatic nitrogens is 3. The van der Waals surface area contributed by atoms with Gasteiger partial charge in [-0.3, -0.25) is 9.67 Å². The van der Waals surface area contributed by atoms with E-state index in [9.17, 15) is 0 Å². The summed E-state index contributed by atoms with van der Waals surface area (Å²) < 4.78 is 2.24. The van der Waals surface area contributed by atoms with Crippen LogP contribution >= 0.6 is 11.6 Å². The Bertz CT molecular complexity index is 1150. The molecule has 1 aliphatic rings. The lowest BCUT2D eigenvalue weighted by Crippen LogP contribution is -2.21. The van der Waals surface area contributed by atoms with Gasteiger partial charge in [0, 0.05) is 41.0 Å². The van der Waals surface area contributed by atoms with Crippen molar-refractivity contribution in [2.45, 2.75) is 25.3 Å². The van der Waals surface area contributed by atoms with E-state index in [1.165, 1.54) is 22.4 Å². The molecule has 5 heteroatoms. The average Bonchev–Trinajstić information content (AvgIpc) is 3.06. The molecule has 1 atom stereocenters. The third-order valence-corrected chi connectivity index (χ3v) is 6.23. The number of hydrogen-bond donors (Lipinski definition) is 1. The first-order valence-electron chi connectivity index (χ1n) is 10.8. The summed E-state index contributed by atoms with van der Waals surface area (Å²) in [7, 11) is 0. The topological polar surface area (TPSA) is 42.7 Å². The van der Waals surface area contributed by atoms with Gasteiger partial charge in [0.2, 0.25) is 0 Å². The van der Waals surface area contributed by atoms with Crippen LogP contribution in [0.4, 0.5) is 0 Å². The van der Waals surface area contributed by atoms with Crippen molar-refractivity contribution < 1.29 is 0 Å². The molecule has 0 bridgehead atoms. The maximum atomic E-state index is 6.14. The van der Waals surface area contributed by atoms with Crippen LogP contribution in [0.15, 0.2) is 79.1 Å². The van der Waals surface area contributed by atoms with Crippen molar-refractivity contribution in [3.8, 4) is 11.3 Å². The van der Waals surface area contributed by atoms with E-state index in [1.54, 1.807) is 0 Å². The van der Waals surface area contributed by atoms with E-state index in [4.69, 9.17) is 21.7 Å². The van der Waals surface area contributed by atoms with E-state index in [-0.39, 0.29) is 6.04 Å². The molecule has 1 aliphatic heterocycles. The van der Waals surface area contributed by atoms with Gasteiger partial charge in [0.05, 0.1) is 17.9 Å². The summed E-state index contributed by atoms with van der Waals surface area (Å²) in [5.74, 6) is 0. The van der Waals surface area contributed by atoms with E-state index >= 15 is 0 Å². The van der Waals surface area contributed by atoms with Gasteiger partial charge < -0.3 is 5.32 Å². The van der Waals surface area contributed by atoms with Crippen molar-refractivity contribution in [2.24, 2.45) is 0 Å². The molecule has 3 heterocycles. The molecular formula is C26H25ClN4. The van der Waals surface area contributed by atoms with Gasteiger partial charge in [0.1, 0.15) is 0 Å². The number of fused-ring (bicyclic) bond motifs is 1. The second kappa shape index (κ2) is 9.04. The fourth-order valence-electron chi connectivity index (χ4n) is 4.43. The van der Waals surface area contributed by atoms with Gasteiger partial charge in [0.15, 0.2) is 0 Å². The van der Waals surface area contributed by atoms with Gasteiger partial charge in [-0.05, 0) is 48.7 Å². The summed E-state index contributed by atoms with van der Waals surface area (Å²) in [6, 6.07) is 22.8. The van der Waals surface area contributed by atoms with E-state index in [1.807, 2.05) is 36.5 Å². The Labute approximate surface area is 187 Å². The molecule has 0 amide bonds. The third kappa shape index (κ3) is 4.27. The molecule has 0 spiro atoms. The van der Waals surface area contributed by atoms with Gasteiger partial charge in [-0.2, -0.15) is 5.10 Å². The summed E-state index contributed by atoms with van der Waals surface area (Å²) in [4.78, 5) is 4.79. The summed E-state index contributed by atoms with van der Waals surface area (Å²) in [6.07, 6.45) is 6.77. The largest absolute Gasteiger partial charge is 0.316 e. The summed E-state index contributed by atoms with van der Waals surface area (Å²) in [5.41, 5.74) is 7.19. The number of hydrogen-bond acceptors (Lipinski definition) is 3. The zero-order valence-corrected chi connectivity index (χ0v) is 18.1. The van der Waals surface area contributed by atoms with Crippen molar-refractivity contribution in [1.29, 1.82) is 0 Å². The summed E-state index contributed by atoms with van der Waals surface area (Å²) in [6.45, 7) is 1.98. The van der Waals surface area contributed by atoms with E-state index < -0.39 is 0 Å². The Kier molecular flexibility index (Phi) is 5.83. The second-order valence-corrected chi connectivity index (χ2v) is 8.40. The summed E-state index contributed by atoms with van der Waals surface area (Å²) >= 11 is 6.14. The fraction of sp³-hybridized carbons (Fsp3) is 0.231. The lowest BCUT2D eigenvalue weighted by molar-refractivity contribution is 0.497. The van der Waals surface area contributed by atoms with Crippen LogP contribution in [0.2, 0.25) is 5.02 Å². The highest BCUT2D eigenvalue weighted by molar-refractivity contribution is 6.30. The first-order valence-corrected chi connectivity index (χ1v) is 11.2. The van der Waals surface area contributed by atoms with Crippen LogP contribution < -0.4 is 5.32 Å². The molecule has 5 rings (SSSR count). The Morgan fingerprint density at radius 1 is 0.935 bits per heavy atom. The molecule has 0 radical (unpaired) electrons. The molecule has 156 valence electrons. The molecular weight excluding hydrogens is 404 g/mol. The van der Waals surface area contributed by atoms with Crippen LogP contribution in [-0.2, 0) is 19.3 Å². The van der Waals surface area contributed by atoms with Crippen molar-refractivity contribution >= 4 is 11.6 Å². The molecule has 0 saturated heterocycles. The van der Waals surface area contributed by atoms with Crippen molar-refractivity contribution in [2.75, 3.05) is 13.1 Å². The molecule has 1 N–H and O–H groups in total. The van der Waals surface area contributed by atoms with Crippen LogP contribution in [0, 0.1) is 0 Å². The SMILES string of the molecule is Clc1ccc(-c2ncccc2C(Cc2ccccc2)n2ncc3c2CCNCC3)cc1. The van der Waals surface area contributed by atoms with Crippen molar-refractivity contribution in [1.82, 2.24) is 20.1 Å². The Morgan fingerprint density at radius 2 is 1.74 bits per heavy atom. The Hall–Kier alpha value is -2.95. The van der Waals surface area contributed by atoms with Gasteiger partial charge >= 0.3 is 0 Å². The fourth-order valence-corrected chi connectivity index (χ4v) is 4.56. The monoisotopic (exact) mass is 428 g/mol. The molecule has 0 aliphatic carbocycles. The predicted molar refractivity (Wildman–Crippen MR) is 125 cm³/mol. The number of halogens is 1. The third-order valence-electron chi connectivity index (χ3n) is 5.98. The lowest BCUT2D eigenvalue weighted by Gasteiger charge is -2.23. The minimum absolute atomic E-state index is 0.0589. The van der Waals surface area contributed by atoms with E-state index in [0.29, 0.717) is 0 Å². The molecule has 2 aromatic carbocycles. The first kappa shape index (κ1) is 20.0. The van der Waals surface area contributed by atoms with Gasteiger partial charge in [0.25, 0.3) is 0 Å². The second-order valence-electron chi connectivity index (χ2n) is 7.96. The lowest BCUT2D eigenvalue weighted by atomic mass is 9.94. The quantitative estimate of drug-likeness (QED) is 0.479. The molecule has 4 aromatic rings. The van der Waals surface area contributed by atoms with Gasteiger partial charge in [-0.25, -0.2) is 0 Å². The predicted octanol–water partition coefficient (Wildman–Crippen LogP) is 5.12. The molecule has 0 fully saturated rings. The van der Waals surface area contributed by atoms with Crippen LogP contribution in [0.25, 0.3) is 11.3 Å². The highest BCUT2D eigenvalue weighted by Gasteiger charge is 2.24. The maximum absolute atomic E-state index is 6.14. The number of pyridine rings is 1. The number of benzene rings is 2. The van der Waals surface area contributed by atoms with Crippen LogP contribution in [0.3, 0.4) is 0 Å². The zero-order chi connectivity index (χ0) is 21.0. The number of rotatable bonds is 5. The minimum Gasteiger partial charge on any atom is -0.316 e. The maximum Gasteiger partial charge on any atom is 0.0833 e. The highest BCUT2D eigenvalue weighted by Crippen LogP contribution is 2.33. The standard InChI is InChI=1S/C26H25ClN4/c27-22-10-8-20(9-11-22)26-23(7-4-14-29-26)25(17-19-5-2-1-3-6-19)31-24-13-16-28-15-12-21(24)18-30-31/h1-11,14,18,25,28H,12-13,15-17H2. The Morgan fingerprint density at radius 3 is 2.58 bits per heavy atom. The Balaban J connectivity index is 1.64. The minimum atomic E-state index is 0.0589. The summed E-state index contributed by atoms with van der Waals surface area (Å²) in [5, 5.41) is 9.14. The molecule has 31 heavy (non-hydrogen) atoms. The van der Waals surface area contributed by atoms with Gasteiger partial charge in [-0.1, -0.05) is 60.1 Å². The van der Waals surface area contributed by atoms with Gasteiger partial charge in [-0.15, -0.1) is 0 Å². The average molecular weight is 429 g/mol. The zero-order valence-electron chi connectivity index (χ0n) is 17.3. The smallest absolute Gasteiger partial charge is 0.0833 e. The van der Waals surface area contributed by atoms with Crippen molar-refractivity contribution in [3.05, 3.63) is 107 Å². The number of nitrogens with zero attached hydrogens (tertiary/aromatic N) is 3. The number of nitrogens with one attached hydrogen (secondary N) is 1. The molecule has 4 nitrogen and oxygen atoms in total. The highest BCUT2D eigenvalue weighted by atomic mass is 35.5. The van der Waals surface area contributed by atoms with E-state index in [0.717, 1.165) is 48.6 Å². The molecule has 2 aromatic heterocycles. The van der Waals surface area contributed by atoms with Crippen LogP contribution in [0.5, 0.6) is 0 Å². The van der Waals surface area contributed by atoms with Crippen molar-refractivity contribution in [3.63, 3.8) is 0 Å². The normalized spacial score (nSPS) is 14.6. The van der Waals surface area contributed by atoms with E-state index in [2.05, 4.69) is 52.6 Å². The van der Waals surface area contributed by atoms with Crippen LogP contribution in [-0.4, -0.2) is 27.9 Å².